The van der Waals surface area contributed by atoms with E-state index in [-0.39, 0.29) is 17.7 Å². The van der Waals surface area contributed by atoms with Crippen molar-refractivity contribution in [1.29, 1.82) is 0 Å². The van der Waals surface area contributed by atoms with Crippen LogP contribution in [0.3, 0.4) is 0 Å². The van der Waals surface area contributed by atoms with E-state index in [4.69, 9.17) is 0 Å². The Morgan fingerprint density at radius 3 is 2.13 bits per heavy atom. The summed E-state index contributed by atoms with van der Waals surface area (Å²) in [6.45, 7) is 5.01. The lowest BCUT2D eigenvalue weighted by atomic mass is 10.2. The molecular weight excluding hydrogens is 294 g/mol. The lowest BCUT2D eigenvalue weighted by Gasteiger charge is -2.05. The van der Waals surface area contributed by atoms with Gasteiger partial charge in [0.15, 0.2) is 0 Å². The zero-order valence-corrected chi connectivity index (χ0v) is 14.3. The Bertz CT molecular complexity index is 425. The Kier molecular flexibility index (Phi) is 13.6. The summed E-state index contributed by atoms with van der Waals surface area (Å²) < 4.78 is 0. The normalized spacial score (nSPS) is 9.48. The number of hydrogen-bond donors (Lipinski definition) is 3. The maximum atomic E-state index is 11.6. The average molecular weight is 323 g/mol. The molecule has 0 unspecified atom stereocenters. The predicted octanol–water partition coefficient (Wildman–Crippen LogP) is 1.11. The Labute approximate surface area is 139 Å². The molecule has 0 saturated carbocycles. The standard InChI is InChI=1S/C17H29N3O3/c1-3-4-7-13-19-17(23)11-9-14-20-16(22)10-6-5-8-12-18-15(2)21/h3,5-6,8-14H2,1-2H3,(H,18,21)(H,19,23)(H,20,22). The first-order valence-electron chi connectivity index (χ1n) is 8.29. The Balaban J connectivity index is 3.42. The van der Waals surface area contributed by atoms with Crippen LogP contribution >= 0.6 is 0 Å². The van der Waals surface area contributed by atoms with Crippen LogP contribution < -0.4 is 16.0 Å². The summed E-state index contributed by atoms with van der Waals surface area (Å²) in [5, 5.41) is 8.24. The van der Waals surface area contributed by atoms with E-state index in [0.29, 0.717) is 38.9 Å². The van der Waals surface area contributed by atoms with Crippen LogP contribution in [0, 0.1) is 11.8 Å². The van der Waals surface area contributed by atoms with Gasteiger partial charge < -0.3 is 16.0 Å². The second-order valence-electron chi connectivity index (χ2n) is 5.23. The van der Waals surface area contributed by atoms with E-state index in [9.17, 15) is 14.4 Å². The van der Waals surface area contributed by atoms with E-state index >= 15 is 0 Å². The minimum absolute atomic E-state index is 0.0127. The summed E-state index contributed by atoms with van der Waals surface area (Å²) >= 11 is 0. The smallest absolute Gasteiger partial charge is 0.220 e. The van der Waals surface area contributed by atoms with Crippen molar-refractivity contribution in [3.05, 3.63) is 0 Å². The molecule has 0 bridgehead atoms. The lowest BCUT2D eigenvalue weighted by Crippen LogP contribution is -2.27. The van der Waals surface area contributed by atoms with Crippen molar-refractivity contribution in [3.8, 4) is 11.8 Å². The van der Waals surface area contributed by atoms with Gasteiger partial charge in [0.1, 0.15) is 0 Å². The number of carbonyl (C=O) groups excluding carboxylic acids is 3. The van der Waals surface area contributed by atoms with Gasteiger partial charge in [-0.3, -0.25) is 14.4 Å². The zero-order valence-electron chi connectivity index (χ0n) is 14.3. The molecule has 0 fully saturated rings. The molecule has 0 aliphatic carbocycles. The predicted molar refractivity (Wildman–Crippen MR) is 90.5 cm³/mol. The number of nitrogens with one attached hydrogen (secondary N) is 3. The summed E-state index contributed by atoms with van der Waals surface area (Å²) in [7, 11) is 0. The molecule has 23 heavy (non-hydrogen) atoms. The van der Waals surface area contributed by atoms with Crippen molar-refractivity contribution in [2.24, 2.45) is 0 Å². The van der Waals surface area contributed by atoms with Gasteiger partial charge in [0.05, 0.1) is 6.54 Å². The van der Waals surface area contributed by atoms with Crippen LogP contribution in [-0.2, 0) is 14.4 Å². The number of amides is 3. The van der Waals surface area contributed by atoms with Crippen LogP contribution in [0.25, 0.3) is 0 Å². The lowest BCUT2D eigenvalue weighted by molar-refractivity contribution is -0.122. The Hall–Kier alpha value is -2.03. The second-order valence-corrected chi connectivity index (χ2v) is 5.23. The molecule has 0 aliphatic rings. The van der Waals surface area contributed by atoms with E-state index in [1.165, 1.54) is 6.92 Å². The monoisotopic (exact) mass is 323 g/mol. The van der Waals surface area contributed by atoms with Crippen molar-refractivity contribution in [2.45, 2.75) is 58.8 Å². The highest BCUT2D eigenvalue weighted by atomic mass is 16.2. The SMILES string of the molecule is CCC#CCNC(=O)CCCNC(=O)CCCCCNC(C)=O. The largest absolute Gasteiger partial charge is 0.356 e. The second kappa shape index (κ2) is 14.9. The molecule has 0 heterocycles. The molecule has 130 valence electrons. The van der Waals surface area contributed by atoms with Crippen LogP contribution in [-0.4, -0.2) is 37.4 Å². The number of unbranched alkanes of at least 4 members (excludes halogenated alkanes) is 2. The molecule has 0 aromatic carbocycles. The molecule has 0 saturated heterocycles. The fraction of sp³-hybridized carbons (Fsp3) is 0.706. The fourth-order valence-corrected chi connectivity index (χ4v) is 1.84. The van der Waals surface area contributed by atoms with Gasteiger partial charge in [-0.2, -0.15) is 0 Å². The number of carbonyl (C=O) groups is 3. The van der Waals surface area contributed by atoms with E-state index < -0.39 is 0 Å². The molecule has 0 rings (SSSR count). The zero-order chi connectivity index (χ0) is 17.3. The fourth-order valence-electron chi connectivity index (χ4n) is 1.84. The third-order valence-electron chi connectivity index (χ3n) is 3.03. The van der Waals surface area contributed by atoms with Crippen molar-refractivity contribution in [3.63, 3.8) is 0 Å². The van der Waals surface area contributed by atoms with Gasteiger partial charge in [0, 0.05) is 39.3 Å². The van der Waals surface area contributed by atoms with Crippen LogP contribution in [0.15, 0.2) is 0 Å². The summed E-state index contributed by atoms with van der Waals surface area (Å²) in [6.07, 6.45) is 4.89. The van der Waals surface area contributed by atoms with Gasteiger partial charge in [-0.05, 0) is 19.3 Å². The quantitative estimate of drug-likeness (QED) is 0.393. The minimum Gasteiger partial charge on any atom is -0.356 e. The summed E-state index contributed by atoms with van der Waals surface area (Å²) in [5.74, 6) is 5.67. The van der Waals surface area contributed by atoms with Crippen molar-refractivity contribution < 1.29 is 14.4 Å². The van der Waals surface area contributed by atoms with E-state index in [2.05, 4.69) is 27.8 Å². The summed E-state index contributed by atoms with van der Waals surface area (Å²) in [5.41, 5.74) is 0. The first kappa shape index (κ1) is 21.0. The van der Waals surface area contributed by atoms with Crippen LogP contribution in [0.4, 0.5) is 0 Å². The van der Waals surface area contributed by atoms with Crippen LogP contribution in [0.1, 0.15) is 58.8 Å². The topological polar surface area (TPSA) is 87.3 Å². The highest BCUT2D eigenvalue weighted by Gasteiger charge is 2.03. The third-order valence-corrected chi connectivity index (χ3v) is 3.03. The van der Waals surface area contributed by atoms with Gasteiger partial charge in [0.25, 0.3) is 0 Å². The Morgan fingerprint density at radius 2 is 1.43 bits per heavy atom. The van der Waals surface area contributed by atoms with Gasteiger partial charge in [-0.25, -0.2) is 0 Å². The summed E-state index contributed by atoms with van der Waals surface area (Å²) in [4.78, 5) is 33.7. The number of rotatable bonds is 11. The third kappa shape index (κ3) is 16.2. The number of hydrogen-bond acceptors (Lipinski definition) is 3. The highest BCUT2D eigenvalue weighted by molar-refractivity contribution is 5.77. The average Bonchev–Trinajstić information content (AvgIpc) is 2.51. The molecule has 0 radical (unpaired) electrons. The van der Waals surface area contributed by atoms with E-state index in [1.807, 2.05) is 6.92 Å². The summed E-state index contributed by atoms with van der Waals surface area (Å²) in [6, 6.07) is 0. The van der Waals surface area contributed by atoms with Crippen molar-refractivity contribution in [1.82, 2.24) is 16.0 Å². The molecular formula is C17H29N3O3. The maximum absolute atomic E-state index is 11.6. The molecule has 0 aromatic rings. The molecule has 0 atom stereocenters. The first-order valence-corrected chi connectivity index (χ1v) is 8.29. The van der Waals surface area contributed by atoms with Gasteiger partial charge in [-0.1, -0.05) is 19.3 Å². The van der Waals surface area contributed by atoms with Crippen molar-refractivity contribution >= 4 is 17.7 Å². The van der Waals surface area contributed by atoms with E-state index in [0.717, 1.165) is 25.7 Å². The molecule has 6 nitrogen and oxygen atoms in total. The minimum atomic E-state index is -0.0392. The Morgan fingerprint density at radius 1 is 0.783 bits per heavy atom. The van der Waals surface area contributed by atoms with Gasteiger partial charge >= 0.3 is 0 Å². The van der Waals surface area contributed by atoms with Gasteiger partial charge in [-0.15, -0.1) is 5.92 Å². The molecule has 3 amide bonds. The molecule has 0 aromatic heterocycles. The van der Waals surface area contributed by atoms with Crippen LogP contribution in [0.5, 0.6) is 0 Å². The maximum Gasteiger partial charge on any atom is 0.220 e. The van der Waals surface area contributed by atoms with Crippen LogP contribution in [0.2, 0.25) is 0 Å². The first-order chi connectivity index (χ1) is 11.1. The van der Waals surface area contributed by atoms with Gasteiger partial charge in [0.2, 0.25) is 17.7 Å². The highest BCUT2D eigenvalue weighted by Crippen LogP contribution is 1.99. The molecule has 0 spiro atoms. The molecule has 0 aliphatic heterocycles. The molecule has 3 N–H and O–H groups in total. The van der Waals surface area contributed by atoms with E-state index in [1.54, 1.807) is 0 Å². The van der Waals surface area contributed by atoms with Crippen molar-refractivity contribution in [2.75, 3.05) is 19.6 Å². The molecule has 6 heteroatoms.